The maximum atomic E-state index is 11.3. The van der Waals surface area contributed by atoms with Crippen LogP contribution < -0.4 is 5.32 Å². The van der Waals surface area contributed by atoms with Gasteiger partial charge in [0.1, 0.15) is 0 Å². The topological polar surface area (TPSA) is 63.2 Å². The lowest BCUT2D eigenvalue weighted by Crippen LogP contribution is -2.33. The molecule has 132 valence electrons. The fourth-order valence-electron chi connectivity index (χ4n) is 2.17. The second-order valence-corrected chi connectivity index (χ2v) is 5.94. The zero-order chi connectivity index (χ0) is 17.4. The summed E-state index contributed by atoms with van der Waals surface area (Å²) in [5.41, 5.74) is 0.609. The number of halogens is 2. The van der Waals surface area contributed by atoms with Crippen LogP contribution in [0.4, 0.5) is 5.69 Å². The Balaban J connectivity index is 1.76. The fraction of sp³-hybridized carbons (Fsp3) is 0.500. The van der Waals surface area contributed by atoms with E-state index in [4.69, 9.17) is 32.8 Å². The van der Waals surface area contributed by atoms with Crippen molar-refractivity contribution in [3.63, 3.8) is 0 Å². The van der Waals surface area contributed by atoms with Crippen LogP contribution in [0.1, 0.15) is 26.2 Å². The Morgan fingerprint density at radius 2 is 2.08 bits per heavy atom. The number of rotatable bonds is 8. The summed E-state index contributed by atoms with van der Waals surface area (Å²) in [6, 6.07) is 5.29. The Morgan fingerprint density at radius 1 is 1.33 bits per heavy atom. The molecule has 0 unspecified atom stereocenters. The van der Waals surface area contributed by atoms with Gasteiger partial charge in [0.25, 0.3) is 0 Å². The van der Waals surface area contributed by atoms with Crippen molar-refractivity contribution >= 4 is 40.8 Å². The van der Waals surface area contributed by atoms with Gasteiger partial charge in [-0.05, 0) is 31.9 Å². The van der Waals surface area contributed by atoms with Crippen LogP contribution in [0.5, 0.6) is 0 Å². The van der Waals surface area contributed by atoms with Gasteiger partial charge in [0.15, 0.2) is 0 Å². The number of aliphatic imine (C=N–C) groups is 1. The van der Waals surface area contributed by atoms with Gasteiger partial charge in [-0.1, -0.05) is 29.3 Å². The lowest BCUT2D eigenvalue weighted by atomic mass is 10.2. The molecule has 0 radical (unpaired) electrons. The van der Waals surface area contributed by atoms with Gasteiger partial charge in [-0.15, -0.1) is 0 Å². The summed E-state index contributed by atoms with van der Waals surface area (Å²) in [7, 11) is 0. The highest BCUT2D eigenvalue weighted by Crippen LogP contribution is 2.30. The number of anilines is 1. The number of hydrogen-bond acceptors (Lipinski definition) is 6. The molecule has 2 rings (SSSR count). The van der Waals surface area contributed by atoms with Gasteiger partial charge in [0.05, 0.1) is 42.0 Å². The number of hydrogen-bond donors (Lipinski definition) is 1. The first kappa shape index (κ1) is 18.8. The van der Waals surface area contributed by atoms with Gasteiger partial charge in [-0.25, -0.2) is 10.1 Å². The predicted octanol–water partition coefficient (Wildman–Crippen LogP) is 3.74. The molecule has 0 bridgehead atoms. The van der Waals surface area contributed by atoms with Gasteiger partial charge < -0.3 is 10.1 Å². The normalized spacial score (nSPS) is 13.8. The SMILES string of the molecule is CCOC(=O)CCCCON1CCN=C1Nc1c(Cl)cccc1Cl. The zero-order valence-corrected chi connectivity index (χ0v) is 15.1. The third-order valence-electron chi connectivity index (χ3n) is 3.33. The van der Waals surface area contributed by atoms with Crippen molar-refractivity contribution in [3.05, 3.63) is 28.2 Å². The summed E-state index contributed by atoms with van der Waals surface area (Å²) in [5.74, 6) is 0.409. The first-order chi connectivity index (χ1) is 11.6. The van der Waals surface area contributed by atoms with Crippen molar-refractivity contribution in [1.29, 1.82) is 0 Å². The summed E-state index contributed by atoms with van der Waals surface area (Å²) >= 11 is 12.3. The first-order valence-electron chi connectivity index (χ1n) is 7.93. The van der Waals surface area contributed by atoms with Crippen LogP contribution in [0, 0.1) is 0 Å². The summed E-state index contributed by atoms with van der Waals surface area (Å²) in [5, 5.41) is 5.84. The summed E-state index contributed by atoms with van der Waals surface area (Å²) in [6.45, 7) is 4.00. The number of para-hydroxylation sites is 1. The summed E-state index contributed by atoms with van der Waals surface area (Å²) in [4.78, 5) is 21.3. The predicted molar refractivity (Wildman–Crippen MR) is 95.5 cm³/mol. The minimum absolute atomic E-state index is 0.170. The first-order valence-corrected chi connectivity index (χ1v) is 8.69. The van der Waals surface area contributed by atoms with E-state index in [1.165, 1.54) is 0 Å². The van der Waals surface area contributed by atoms with Gasteiger partial charge >= 0.3 is 5.97 Å². The lowest BCUT2D eigenvalue weighted by Gasteiger charge is -2.21. The maximum Gasteiger partial charge on any atom is 0.305 e. The second-order valence-electron chi connectivity index (χ2n) is 5.12. The molecule has 1 aromatic carbocycles. The molecule has 1 aromatic rings. The number of carbonyl (C=O) groups is 1. The average Bonchev–Trinajstić information content (AvgIpc) is 2.98. The van der Waals surface area contributed by atoms with Gasteiger partial charge in [0, 0.05) is 6.42 Å². The Kier molecular flexibility index (Phi) is 7.62. The number of esters is 1. The highest BCUT2D eigenvalue weighted by molar-refractivity contribution is 6.39. The summed E-state index contributed by atoms with van der Waals surface area (Å²) in [6.07, 6.45) is 1.89. The van der Waals surface area contributed by atoms with Crippen LogP contribution in [0.25, 0.3) is 0 Å². The molecule has 1 heterocycles. The van der Waals surface area contributed by atoms with E-state index in [-0.39, 0.29) is 5.97 Å². The fourth-order valence-corrected chi connectivity index (χ4v) is 2.66. The van der Waals surface area contributed by atoms with E-state index >= 15 is 0 Å². The minimum atomic E-state index is -0.170. The average molecular weight is 374 g/mol. The standard InChI is InChI=1S/C16H21Cl2N3O3/c1-2-23-14(22)8-3-4-11-24-21-10-9-19-16(21)20-15-12(17)6-5-7-13(15)18/h5-7H,2-4,8-11H2,1H3,(H,19,20). The molecule has 24 heavy (non-hydrogen) atoms. The van der Waals surface area contributed by atoms with Crippen molar-refractivity contribution < 1.29 is 14.4 Å². The number of ether oxygens (including phenoxy) is 1. The quantitative estimate of drug-likeness (QED) is 0.555. The van der Waals surface area contributed by atoms with E-state index in [2.05, 4.69) is 10.3 Å². The number of nitrogens with one attached hydrogen (secondary N) is 1. The van der Waals surface area contributed by atoms with Crippen molar-refractivity contribution in [1.82, 2.24) is 5.06 Å². The molecule has 1 aliphatic rings. The molecule has 0 amide bonds. The Morgan fingerprint density at radius 3 is 2.79 bits per heavy atom. The molecule has 0 spiro atoms. The Hall–Kier alpha value is -1.50. The second kappa shape index (κ2) is 9.71. The van der Waals surface area contributed by atoms with Crippen molar-refractivity contribution in [2.24, 2.45) is 4.99 Å². The van der Waals surface area contributed by atoms with Crippen molar-refractivity contribution in [3.8, 4) is 0 Å². The number of unbranched alkanes of at least 4 members (excludes halogenated alkanes) is 1. The lowest BCUT2D eigenvalue weighted by molar-refractivity contribution is -0.143. The van der Waals surface area contributed by atoms with E-state index in [0.717, 1.165) is 12.8 Å². The van der Waals surface area contributed by atoms with Crippen LogP contribution in [-0.4, -0.2) is 43.3 Å². The molecule has 0 fully saturated rings. The molecule has 1 aliphatic heterocycles. The molecule has 0 atom stereocenters. The van der Waals surface area contributed by atoms with Crippen LogP contribution in [0.15, 0.2) is 23.2 Å². The summed E-state index contributed by atoms with van der Waals surface area (Å²) < 4.78 is 4.88. The van der Waals surface area contributed by atoms with Gasteiger partial charge in [-0.2, -0.15) is 0 Å². The minimum Gasteiger partial charge on any atom is -0.466 e. The van der Waals surface area contributed by atoms with E-state index in [1.807, 2.05) is 0 Å². The van der Waals surface area contributed by atoms with E-state index in [1.54, 1.807) is 30.2 Å². The van der Waals surface area contributed by atoms with Crippen molar-refractivity contribution in [2.75, 3.05) is 31.6 Å². The molecule has 6 nitrogen and oxygen atoms in total. The van der Waals surface area contributed by atoms with E-state index in [9.17, 15) is 4.79 Å². The third-order valence-corrected chi connectivity index (χ3v) is 3.96. The van der Waals surface area contributed by atoms with Crippen LogP contribution in [-0.2, 0) is 14.4 Å². The van der Waals surface area contributed by atoms with E-state index in [0.29, 0.717) is 54.4 Å². The molecule has 8 heteroatoms. The number of benzene rings is 1. The Bertz CT molecular complexity index is 576. The smallest absolute Gasteiger partial charge is 0.305 e. The molecule has 0 aliphatic carbocycles. The largest absolute Gasteiger partial charge is 0.466 e. The highest BCUT2D eigenvalue weighted by Gasteiger charge is 2.20. The molecular weight excluding hydrogens is 353 g/mol. The molecule has 0 aromatic heterocycles. The van der Waals surface area contributed by atoms with E-state index < -0.39 is 0 Å². The Labute approximate surface area is 151 Å². The molecule has 1 N–H and O–H groups in total. The van der Waals surface area contributed by atoms with Crippen LogP contribution >= 0.6 is 23.2 Å². The van der Waals surface area contributed by atoms with Crippen LogP contribution in [0.2, 0.25) is 10.0 Å². The number of nitrogens with zero attached hydrogens (tertiary/aromatic N) is 2. The highest BCUT2D eigenvalue weighted by atomic mass is 35.5. The molecule has 0 saturated carbocycles. The number of carbonyl (C=O) groups excluding carboxylic acids is 1. The zero-order valence-electron chi connectivity index (χ0n) is 13.6. The van der Waals surface area contributed by atoms with Gasteiger partial charge in [0.2, 0.25) is 5.96 Å². The van der Waals surface area contributed by atoms with Crippen molar-refractivity contribution in [2.45, 2.75) is 26.2 Å². The monoisotopic (exact) mass is 373 g/mol. The number of hydroxylamine groups is 2. The maximum absolute atomic E-state index is 11.3. The molecule has 0 saturated heterocycles. The third kappa shape index (κ3) is 5.54. The number of guanidine groups is 1. The van der Waals surface area contributed by atoms with Crippen LogP contribution in [0.3, 0.4) is 0 Å². The van der Waals surface area contributed by atoms with Gasteiger partial charge in [-0.3, -0.25) is 9.63 Å². The molecular formula is C16H21Cl2N3O3.